The van der Waals surface area contributed by atoms with E-state index in [0.29, 0.717) is 37.1 Å². The van der Waals surface area contributed by atoms with Crippen molar-refractivity contribution in [1.29, 1.82) is 0 Å². The number of carbonyl (C=O) groups excluding carboxylic acids is 1. The quantitative estimate of drug-likeness (QED) is 0.713. The molecule has 2 aliphatic rings. The molecule has 1 saturated carbocycles. The van der Waals surface area contributed by atoms with Crippen LogP contribution in [0, 0.1) is 11.8 Å². The Morgan fingerprint density at radius 1 is 1.17 bits per heavy atom. The topological polar surface area (TPSA) is 93.6 Å². The minimum Gasteiger partial charge on any atom is -0.497 e. The second kappa shape index (κ2) is 7.60. The van der Waals surface area contributed by atoms with Crippen LogP contribution >= 0.6 is 0 Å². The number of fused-ring (bicyclic) bond motifs is 1. The van der Waals surface area contributed by atoms with Gasteiger partial charge in [-0.2, -0.15) is 0 Å². The SMILES string of the molecule is COc1ccc(-c2cn([C@@H]3C[C@@H]4CN(C(=O)c5ccco5)C[C@@H]4C[C@H]3O)nn2)cc1. The number of amides is 1. The summed E-state index contributed by atoms with van der Waals surface area (Å²) in [5, 5.41) is 19.4. The smallest absolute Gasteiger partial charge is 0.289 e. The number of ether oxygens (including phenoxy) is 1. The van der Waals surface area contributed by atoms with E-state index in [9.17, 15) is 9.90 Å². The highest BCUT2D eigenvalue weighted by atomic mass is 16.5. The van der Waals surface area contributed by atoms with Gasteiger partial charge in [0.1, 0.15) is 11.4 Å². The van der Waals surface area contributed by atoms with Crippen LogP contribution in [0.2, 0.25) is 0 Å². The van der Waals surface area contributed by atoms with Crippen molar-refractivity contribution in [3.8, 4) is 17.0 Å². The Morgan fingerprint density at radius 3 is 2.63 bits per heavy atom. The largest absolute Gasteiger partial charge is 0.497 e. The highest BCUT2D eigenvalue weighted by Crippen LogP contribution is 2.41. The van der Waals surface area contributed by atoms with Gasteiger partial charge in [-0.1, -0.05) is 5.21 Å². The van der Waals surface area contributed by atoms with Crippen LogP contribution in [-0.2, 0) is 0 Å². The third-order valence-corrected chi connectivity index (χ3v) is 6.36. The van der Waals surface area contributed by atoms with Crippen LogP contribution in [0.25, 0.3) is 11.3 Å². The first-order valence-corrected chi connectivity index (χ1v) is 10.2. The van der Waals surface area contributed by atoms with Crippen molar-refractivity contribution in [2.24, 2.45) is 11.8 Å². The molecule has 0 spiro atoms. The molecule has 1 N–H and O–H groups in total. The summed E-state index contributed by atoms with van der Waals surface area (Å²) in [5.41, 5.74) is 1.70. The molecule has 156 valence electrons. The Hall–Kier alpha value is -3.13. The van der Waals surface area contributed by atoms with Crippen LogP contribution in [0.5, 0.6) is 5.75 Å². The highest BCUT2D eigenvalue weighted by Gasteiger charge is 2.44. The Balaban J connectivity index is 1.30. The summed E-state index contributed by atoms with van der Waals surface area (Å²) >= 11 is 0. The second-order valence-electron chi connectivity index (χ2n) is 8.13. The standard InChI is InChI=1S/C22H24N4O4/c1-29-17-6-4-14(5-7-17)18-13-26(24-23-18)19-9-15-11-25(12-16(15)10-20(19)27)22(28)21-3-2-8-30-21/h2-8,13,15-16,19-20,27H,9-12H2,1H3/t15-,16+,19-,20-/m1/s1. The van der Waals surface area contributed by atoms with Crippen molar-refractivity contribution >= 4 is 5.91 Å². The molecule has 3 heterocycles. The number of aromatic nitrogens is 3. The van der Waals surface area contributed by atoms with Gasteiger partial charge in [-0.25, -0.2) is 4.68 Å². The summed E-state index contributed by atoms with van der Waals surface area (Å²) in [4.78, 5) is 14.5. The van der Waals surface area contributed by atoms with Crippen molar-refractivity contribution in [2.45, 2.75) is 25.0 Å². The molecule has 1 aromatic carbocycles. The first kappa shape index (κ1) is 18.9. The number of benzene rings is 1. The maximum absolute atomic E-state index is 12.6. The van der Waals surface area contributed by atoms with Crippen molar-refractivity contribution in [2.75, 3.05) is 20.2 Å². The summed E-state index contributed by atoms with van der Waals surface area (Å²) in [5.74, 6) is 1.69. The average Bonchev–Trinajstić information content (AvgIpc) is 3.53. The van der Waals surface area contributed by atoms with E-state index in [1.165, 1.54) is 6.26 Å². The van der Waals surface area contributed by atoms with Gasteiger partial charge in [0.2, 0.25) is 0 Å². The molecule has 4 atom stereocenters. The molecule has 1 aliphatic carbocycles. The molecule has 1 aliphatic heterocycles. The van der Waals surface area contributed by atoms with E-state index in [2.05, 4.69) is 10.3 Å². The first-order valence-electron chi connectivity index (χ1n) is 10.2. The van der Waals surface area contributed by atoms with Gasteiger partial charge in [0, 0.05) is 18.7 Å². The fourth-order valence-electron chi connectivity index (χ4n) is 4.75. The van der Waals surface area contributed by atoms with Crippen molar-refractivity contribution in [3.63, 3.8) is 0 Å². The van der Waals surface area contributed by atoms with E-state index in [1.54, 1.807) is 23.9 Å². The number of rotatable bonds is 4. The van der Waals surface area contributed by atoms with Gasteiger partial charge >= 0.3 is 0 Å². The molecule has 8 heteroatoms. The zero-order chi connectivity index (χ0) is 20.7. The number of aliphatic hydroxyl groups is 1. The maximum atomic E-state index is 12.6. The number of aliphatic hydroxyl groups excluding tert-OH is 1. The zero-order valence-corrected chi connectivity index (χ0v) is 16.7. The highest BCUT2D eigenvalue weighted by molar-refractivity contribution is 5.91. The fourth-order valence-corrected chi connectivity index (χ4v) is 4.75. The van der Waals surface area contributed by atoms with E-state index in [1.807, 2.05) is 35.4 Å². The van der Waals surface area contributed by atoms with E-state index in [-0.39, 0.29) is 11.9 Å². The lowest BCUT2D eigenvalue weighted by atomic mass is 9.77. The molecule has 1 saturated heterocycles. The van der Waals surface area contributed by atoms with Gasteiger partial charge in [-0.3, -0.25) is 4.79 Å². The van der Waals surface area contributed by atoms with Gasteiger partial charge in [-0.15, -0.1) is 5.10 Å². The normalized spacial score (nSPS) is 25.9. The Morgan fingerprint density at radius 2 is 1.93 bits per heavy atom. The predicted octanol–water partition coefficient (Wildman–Crippen LogP) is 2.63. The Kier molecular flexibility index (Phi) is 4.78. The number of likely N-dealkylation sites (tertiary alicyclic amines) is 1. The molecular weight excluding hydrogens is 384 g/mol. The number of methoxy groups -OCH3 is 1. The van der Waals surface area contributed by atoms with Crippen molar-refractivity contribution in [3.05, 3.63) is 54.6 Å². The molecule has 30 heavy (non-hydrogen) atoms. The van der Waals surface area contributed by atoms with Crippen LogP contribution < -0.4 is 4.74 Å². The molecule has 1 amide bonds. The minimum atomic E-state index is -0.518. The average molecular weight is 408 g/mol. The number of hydrogen-bond acceptors (Lipinski definition) is 6. The van der Waals surface area contributed by atoms with Crippen LogP contribution in [0.3, 0.4) is 0 Å². The molecular formula is C22H24N4O4. The van der Waals surface area contributed by atoms with Crippen LogP contribution in [0.4, 0.5) is 0 Å². The monoisotopic (exact) mass is 408 g/mol. The van der Waals surface area contributed by atoms with Crippen molar-refractivity contribution < 1.29 is 19.1 Å². The van der Waals surface area contributed by atoms with Gasteiger partial charge in [-0.05, 0) is 61.1 Å². The molecule has 3 aromatic rings. The Labute approximate surface area is 174 Å². The second-order valence-corrected chi connectivity index (χ2v) is 8.13. The molecule has 5 rings (SSSR count). The summed E-state index contributed by atoms with van der Waals surface area (Å²) in [6.45, 7) is 1.33. The lowest BCUT2D eigenvalue weighted by Crippen LogP contribution is -2.36. The molecule has 0 radical (unpaired) electrons. The number of furan rings is 1. The van der Waals surface area contributed by atoms with Gasteiger partial charge in [0.15, 0.2) is 5.76 Å². The minimum absolute atomic E-state index is 0.0806. The van der Waals surface area contributed by atoms with Crippen LogP contribution in [0.1, 0.15) is 29.4 Å². The molecule has 0 bridgehead atoms. The summed E-state index contributed by atoms with van der Waals surface area (Å²) in [6.07, 6.45) is 4.29. The summed E-state index contributed by atoms with van der Waals surface area (Å²) in [6, 6.07) is 10.9. The van der Waals surface area contributed by atoms with E-state index in [4.69, 9.17) is 9.15 Å². The van der Waals surface area contributed by atoms with E-state index in [0.717, 1.165) is 23.4 Å². The predicted molar refractivity (Wildman–Crippen MR) is 108 cm³/mol. The van der Waals surface area contributed by atoms with E-state index < -0.39 is 6.10 Å². The van der Waals surface area contributed by atoms with Crippen LogP contribution in [0.15, 0.2) is 53.3 Å². The zero-order valence-electron chi connectivity index (χ0n) is 16.7. The van der Waals surface area contributed by atoms with Gasteiger partial charge in [0.25, 0.3) is 5.91 Å². The lowest BCUT2D eigenvalue weighted by Gasteiger charge is -2.34. The fraction of sp³-hybridized carbons (Fsp3) is 0.409. The Bertz CT molecular complexity index is 1010. The third kappa shape index (κ3) is 3.37. The number of carbonyl (C=O) groups is 1. The lowest BCUT2D eigenvalue weighted by molar-refractivity contribution is 0.0298. The van der Waals surface area contributed by atoms with Gasteiger partial charge < -0.3 is 19.2 Å². The summed E-state index contributed by atoms with van der Waals surface area (Å²) in [7, 11) is 1.63. The molecule has 2 fully saturated rings. The summed E-state index contributed by atoms with van der Waals surface area (Å²) < 4.78 is 12.2. The molecule has 2 aromatic heterocycles. The van der Waals surface area contributed by atoms with Gasteiger partial charge in [0.05, 0.1) is 31.7 Å². The van der Waals surface area contributed by atoms with Crippen molar-refractivity contribution in [1.82, 2.24) is 19.9 Å². The third-order valence-electron chi connectivity index (χ3n) is 6.36. The first-order chi connectivity index (χ1) is 14.6. The van der Waals surface area contributed by atoms with E-state index >= 15 is 0 Å². The molecule has 0 unspecified atom stereocenters. The number of nitrogens with zero attached hydrogens (tertiary/aromatic N) is 4. The number of hydrogen-bond donors (Lipinski definition) is 1. The molecule has 8 nitrogen and oxygen atoms in total. The maximum Gasteiger partial charge on any atom is 0.289 e. The van der Waals surface area contributed by atoms with Crippen LogP contribution in [-0.4, -0.2) is 57.2 Å².